The Morgan fingerprint density at radius 3 is 3.07 bits per heavy atom. The topological polar surface area (TPSA) is 81.8 Å². The van der Waals surface area contributed by atoms with Crippen LogP contribution in [-0.2, 0) is 15.1 Å². The van der Waals surface area contributed by atoms with Crippen LogP contribution >= 0.6 is 0 Å². The molecular formula is C9H11NO5. The number of hydrogen-bond donors (Lipinski definition) is 1. The molecule has 0 spiro atoms. The first-order chi connectivity index (χ1) is 7.19. The second-order valence-corrected chi connectivity index (χ2v) is 3.38. The molecule has 0 saturated carbocycles. The van der Waals surface area contributed by atoms with Crippen molar-refractivity contribution in [1.29, 1.82) is 0 Å². The average molecular weight is 213 g/mol. The van der Waals surface area contributed by atoms with Crippen molar-refractivity contribution >= 4 is 5.97 Å². The largest absolute Gasteiger partial charge is 0.478 e. The molecule has 1 fully saturated rings. The molecule has 2 heterocycles. The molecule has 1 N–H and O–H groups in total. The zero-order chi connectivity index (χ0) is 10.9. The fourth-order valence-electron chi connectivity index (χ4n) is 1.71. The Balaban J connectivity index is 2.42. The molecule has 6 heteroatoms. The van der Waals surface area contributed by atoms with Crippen molar-refractivity contribution in [1.82, 2.24) is 5.16 Å². The number of carboxylic acid groups (broad SMARTS) is 1. The molecule has 1 aromatic rings. The molecule has 15 heavy (non-hydrogen) atoms. The monoisotopic (exact) mass is 213 g/mol. The van der Waals surface area contributed by atoms with Gasteiger partial charge in [-0.2, -0.15) is 0 Å². The normalized spacial score (nSPS) is 25.7. The van der Waals surface area contributed by atoms with Crippen LogP contribution in [0.15, 0.2) is 10.8 Å². The molecule has 0 aromatic carbocycles. The Morgan fingerprint density at radius 2 is 2.53 bits per heavy atom. The van der Waals surface area contributed by atoms with Gasteiger partial charge in [-0.05, 0) is 0 Å². The Hall–Kier alpha value is -1.40. The first kappa shape index (κ1) is 10.1. The van der Waals surface area contributed by atoms with Crippen molar-refractivity contribution in [2.24, 2.45) is 0 Å². The van der Waals surface area contributed by atoms with Crippen molar-refractivity contribution < 1.29 is 23.9 Å². The Morgan fingerprint density at radius 1 is 1.73 bits per heavy atom. The summed E-state index contributed by atoms with van der Waals surface area (Å²) in [5.74, 6) is -1.07. The van der Waals surface area contributed by atoms with E-state index >= 15 is 0 Å². The number of nitrogens with zero attached hydrogens (tertiary/aromatic N) is 1. The van der Waals surface area contributed by atoms with Crippen LogP contribution in [0.5, 0.6) is 0 Å². The number of methoxy groups -OCH3 is 1. The van der Waals surface area contributed by atoms with Crippen molar-refractivity contribution in [3.63, 3.8) is 0 Å². The van der Waals surface area contributed by atoms with Crippen molar-refractivity contribution in [3.8, 4) is 0 Å². The maximum Gasteiger partial charge on any atom is 0.341 e. The second-order valence-electron chi connectivity index (χ2n) is 3.38. The lowest BCUT2D eigenvalue weighted by Crippen LogP contribution is -2.31. The quantitative estimate of drug-likeness (QED) is 0.793. The molecule has 0 unspecified atom stereocenters. The minimum Gasteiger partial charge on any atom is -0.478 e. The van der Waals surface area contributed by atoms with Gasteiger partial charge in [-0.25, -0.2) is 4.79 Å². The number of carbonyl (C=O) groups is 1. The lowest BCUT2D eigenvalue weighted by atomic mass is 9.95. The van der Waals surface area contributed by atoms with E-state index in [9.17, 15) is 4.79 Å². The molecule has 6 nitrogen and oxygen atoms in total. The van der Waals surface area contributed by atoms with E-state index in [1.165, 1.54) is 7.11 Å². The van der Waals surface area contributed by atoms with Crippen LogP contribution in [0.2, 0.25) is 0 Å². The molecule has 1 aliphatic heterocycles. The highest BCUT2D eigenvalue weighted by Crippen LogP contribution is 2.34. The lowest BCUT2D eigenvalue weighted by molar-refractivity contribution is -0.0272. The molecule has 0 bridgehead atoms. The number of hydrogen-bond acceptors (Lipinski definition) is 5. The zero-order valence-corrected chi connectivity index (χ0v) is 8.23. The van der Waals surface area contributed by atoms with Crippen LogP contribution < -0.4 is 0 Å². The maximum atomic E-state index is 10.9. The first-order valence-corrected chi connectivity index (χ1v) is 4.51. The van der Waals surface area contributed by atoms with Gasteiger partial charge in [0, 0.05) is 20.1 Å². The van der Waals surface area contributed by atoms with E-state index in [1.54, 1.807) is 0 Å². The van der Waals surface area contributed by atoms with Crippen molar-refractivity contribution in [2.75, 3.05) is 20.3 Å². The standard InChI is InChI=1S/C9H11NO5/c1-13-9(2-3-14-5-9)7-6(8(11)12)4-15-10-7/h4H,2-3,5H2,1H3,(H,11,12)/t9-/m1/s1. The molecule has 2 rings (SSSR count). The van der Waals surface area contributed by atoms with E-state index in [1.807, 2.05) is 0 Å². The second kappa shape index (κ2) is 3.63. The number of ether oxygens (including phenoxy) is 2. The van der Waals surface area contributed by atoms with E-state index < -0.39 is 11.6 Å². The van der Waals surface area contributed by atoms with Gasteiger partial charge in [-0.3, -0.25) is 0 Å². The Bertz CT molecular complexity index is 366. The van der Waals surface area contributed by atoms with Crippen molar-refractivity contribution in [2.45, 2.75) is 12.0 Å². The summed E-state index contributed by atoms with van der Waals surface area (Å²) in [5.41, 5.74) is -0.446. The Labute approximate surface area is 85.8 Å². The zero-order valence-electron chi connectivity index (χ0n) is 8.23. The van der Waals surface area contributed by atoms with E-state index in [0.29, 0.717) is 25.3 Å². The van der Waals surface area contributed by atoms with Gasteiger partial charge in [0.2, 0.25) is 0 Å². The Kier molecular flexibility index (Phi) is 2.45. The predicted molar refractivity (Wildman–Crippen MR) is 47.6 cm³/mol. The summed E-state index contributed by atoms with van der Waals surface area (Å²) in [6, 6.07) is 0. The van der Waals surface area contributed by atoms with Gasteiger partial charge in [-0.15, -0.1) is 0 Å². The van der Waals surface area contributed by atoms with Crippen LogP contribution in [0.25, 0.3) is 0 Å². The van der Waals surface area contributed by atoms with E-state index in [-0.39, 0.29) is 5.56 Å². The van der Waals surface area contributed by atoms with Crippen molar-refractivity contribution in [3.05, 3.63) is 17.5 Å². The van der Waals surface area contributed by atoms with Crippen LogP contribution in [0.1, 0.15) is 22.5 Å². The predicted octanol–water partition coefficient (Wildman–Crippen LogP) is 0.635. The van der Waals surface area contributed by atoms with Gasteiger partial charge >= 0.3 is 5.97 Å². The summed E-state index contributed by atoms with van der Waals surface area (Å²) in [5, 5.41) is 12.6. The minimum absolute atomic E-state index is 0.0300. The summed E-state index contributed by atoms with van der Waals surface area (Å²) in [4.78, 5) is 10.9. The smallest absolute Gasteiger partial charge is 0.341 e. The summed E-state index contributed by atoms with van der Waals surface area (Å²) in [6.07, 6.45) is 1.69. The van der Waals surface area contributed by atoms with Gasteiger partial charge in [-0.1, -0.05) is 5.16 Å². The van der Waals surface area contributed by atoms with Gasteiger partial charge in [0.05, 0.1) is 6.61 Å². The maximum absolute atomic E-state index is 10.9. The van der Waals surface area contributed by atoms with Crippen LogP contribution in [0.3, 0.4) is 0 Å². The third kappa shape index (κ3) is 1.51. The summed E-state index contributed by atoms with van der Waals surface area (Å²) in [6.45, 7) is 0.829. The number of carboxylic acids is 1. The van der Waals surface area contributed by atoms with Gasteiger partial charge in [0.25, 0.3) is 0 Å². The first-order valence-electron chi connectivity index (χ1n) is 4.51. The third-order valence-corrected chi connectivity index (χ3v) is 2.61. The molecule has 1 saturated heterocycles. The van der Waals surface area contributed by atoms with Gasteiger partial charge in [0.15, 0.2) is 0 Å². The molecule has 0 amide bonds. The fourth-order valence-corrected chi connectivity index (χ4v) is 1.71. The molecular weight excluding hydrogens is 202 g/mol. The van der Waals surface area contributed by atoms with Gasteiger partial charge < -0.3 is 19.1 Å². The summed E-state index contributed by atoms with van der Waals surface area (Å²) >= 11 is 0. The van der Waals surface area contributed by atoms with E-state index in [4.69, 9.17) is 14.6 Å². The summed E-state index contributed by atoms with van der Waals surface area (Å²) < 4.78 is 15.2. The van der Waals surface area contributed by atoms with Crippen LogP contribution in [-0.4, -0.2) is 36.6 Å². The number of rotatable bonds is 3. The molecule has 1 aromatic heterocycles. The van der Waals surface area contributed by atoms with Crippen LogP contribution in [0.4, 0.5) is 0 Å². The van der Waals surface area contributed by atoms with E-state index in [0.717, 1.165) is 6.26 Å². The number of aromatic carboxylic acids is 1. The highest BCUT2D eigenvalue weighted by molar-refractivity contribution is 5.88. The highest BCUT2D eigenvalue weighted by Gasteiger charge is 2.42. The summed E-state index contributed by atoms with van der Waals surface area (Å²) in [7, 11) is 1.51. The number of aromatic nitrogens is 1. The van der Waals surface area contributed by atoms with E-state index in [2.05, 4.69) is 9.68 Å². The van der Waals surface area contributed by atoms with Gasteiger partial charge in [0.1, 0.15) is 23.1 Å². The SMILES string of the molecule is CO[C@]1(c2nocc2C(=O)O)CCOC1. The lowest BCUT2D eigenvalue weighted by Gasteiger charge is -2.23. The third-order valence-electron chi connectivity index (χ3n) is 2.61. The van der Waals surface area contributed by atoms with Crippen LogP contribution in [0, 0.1) is 0 Å². The molecule has 0 radical (unpaired) electrons. The molecule has 82 valence electrons. The fraction of sp³-hybridized carbons (Fsp3) is 0.556. The minimum atomic E-state index is -1.07. The molecule has 1 aliphatic rings. The molecule has 0 aliphatic carbocycles. The average Bonchev–Trinajstić information content (AvgIpc) is 2.87. The molecule has 1 atom stereocenters. The highest BCUT2D eigenvalue weighted by atomic mass is 16.6.